The first-order valence-corrected chi connectivity index (χ1v) is 6.50. The largest absolute Gasteiger partial charge is 0.442 e. The van der Waals surface area contributed by atoms with Gasteiger partial charge < -0.3 is 9.15 Å². The van der Waals surface area contributed by atoms with Crippen molar-refractivity contribution in [3.8, 4) is 11.5 Å². The molecule has 2 aromatic carbocycles. The Hall–Kier alpha value is -3.15. The van der Waals surface area contributed by atoms with E-state index in [0.717, 1.165) is 5.56 Å². The van der Waals surface area contributed by atoms with Gasteiger partial charge in [-0.1, -0.05) is 23.8 Å². The molecule has 1 aromatic heterocycles. The molecule has 1 heterocycles. The lowest BCUT2D eigenvalue weighted by Gasteiger charge is -2.06. The quantitative estimate of drug-likeness (QED) is 0.417. The first-order valence-electron chi connectivity index (χ1n) is 6.50. The lowest BCUT2D eigenvalue weighted by atomic mass is 10.1. The Morgan fingerprint density at radius 2 is 1.86 bits per heavy atom. The Balaban J connectivity index is 2.09. The minimum Gasteiger partial charge on any atom is -0.442 e. The molecule has 3 rings (SSSR count). The minimum absolute atomic E-state index is 0.00759. The van der Waals surface area contributed by atoms with Crippen LogP contribution in [0.1, 0.15) is 5.56 Å². The number of nitro benzene ring substituents is 1. The number of para-hydroxylation sites is 2. The molecular formula is C16H11NO5. The second-order valence-corrected chi connectivity index (χ2v) is 4.77. The number of aryl methyl sites for hydroxylation is 1. The first-order chi connectivity index (χ1) is 10.5. The van der Waals surface area contributed by atoms with Crippen LogP contribution in [0.15, 0.2) is 57.7 Å². The number of ether oxygens (including phenoxy) is 1. The summed E-state index contributed by atoms with van der Waals surface area (Å²) in [6, 6.07) is 12.7. The molecule has 0 aliphatic heterocycles. The zero-order chi connectivity index (χ0) is 15.7. The number of nitro groups is 1. The molecule has 0 saturated heterocycles. The predicted molar refractivity (Wildman–Crippen MR) is 80.4 cm³/mol. The van der Waals surface area contributed by atoms with E-state index in [-0.39, 0.29) is 17.2 Å². The molecule has 0 atom stereocenters. The van der Waals surface area contributed by atoms with E-state index in [1.54, 1.807) is 12.1 Å². The van der Waals surface area contributed by atoms with Crippen LogP contribution in [0.3, 0.4) is 0 Å². The molecule has 6 heteroatoms. The van der Waals surface area contributed by atoms with Crippen LogP contribution in [0.4, 0.5) is 5.69 Å². The average Bonchev–Trinajstić information content (AvgIpc) is 2.49. The van der Waals surface area contributed by atoms with Gasteiger partial charge in [-0.15, -0.1) is 0 Å². The van der Waals surface area contributed by atoms with Gasteiger partial charge in [0.05, 0.1) is 4.92 Å². The standard InChI is InChI=1S/C16H11NO5/c1-10-6-7-13-11(8-10)9-15(16(18)22-13)21-14-5-3-2-4-12(14)17(19)20/h2-9H,1H3. The maximum atomic E-state index is 11.9. The van der Waals surface area contributed by atoms with Crippen LogP contribution in [-0.4, -0.2) is 4.92 Å². The Kier molecular flexibility index (Phi) is 3.34. The molecule has 110 valence electrons. The maximum absolute atomic E-state index is 11.9. The summed E-state index contributed by atoms with van der Waals surface area (Å²) in [5, 5.41) is 11.7. The molecule has 0 amide bonds. The van der Waals surface area contributed by atoms with Gasteiger partial charge in [0.25, 0.3) is 0 Å². The Morgan fingerprint density at radius 1 is 1.09 bits per heavy atom. The third-order valence-corrected chi connectivity index (χ3v) is 3.14. The van der Waals surface area contributed by atoms with Gasteiger partial charge in [-0.2, -0.15) is 0 Å². The molecule has 0 bridgehead atoms. The fourth-order valence-electron chi connectivity index (χ4n) is 2.11. The lowest BCUT2D eigenvalue weighted by Crippen LogP contribution is -2.04. The minimum atomic E-state index is -0.686. The molecule has 0 fully saturated rings. The van der Waals surface area contributed by atoms with Crippen molar-refractivity contribution in [3.05, 3.63) is 74.6 Å². The summed E-state index contributed by atoms with van der Waals surface area (Å²) in [4.78, 5) is 22.4. The van der Waals surface area contributed by atoms with Crippen molar-refractivity contribution in [1.29, 1.82) is 0 Å². The molecule has 3 aromatic rings. The Morgan fingerprint density at radius 3 is 2.64 bits per heavy atom. The summed E-state index contributed by atoms with van der Waals surface area (Å²) in [6.45, 7) is 1.91. The number of benzene rings is 2. The summed E-state index contributed by atoms with van der Waals surface area (Å²) >= 11 is 0. The van der Waals surface area contributed by atoms with Crippen LogP contribution in [0, 0.1) is 17.0 Å². The van der Waals surface area contributed by atoms with Gasteiger partial charge in [-0.3, -0.25) is 10.1 Å². The van der Waals surface area contributed by atoms with Crippen molar-refractivity contribution in [2.45, 2.75) is 6.92 Å². The zero-order valence-electron chi connectivity index (χ0n) is 11.6. The second kappa shape index (κ2) is 5.33. The van der Waals surface area contributed by atoms with E-state index in [2.05, 4.69) is 0 Å². The molecule has 22 heavy (non-hydrogen) atoms. The van der Waals surface area contributed by atoms with Crippen molar-refractivity contribution >= 4 is 16.7 Å². The van der Waals surface area contributed by atoms with E-state index in [1.807, 2.05) is 19.1 Å². The number of hydrogen-bond acceptors (Lipinski definition) is 5. The van der Waals surface area contributed by atoms with E-state index in [4.69, 9.17) is 9.15 Å². The number of fused-ring (bicyclic) bond motifs is 1. The smallest absolute Gasteiger partial charge is 0.379 e. The Labute approximate surface area is 124 Å². The van der Waals surface area contributed by atoms with E-state index >= 15 is 0 Å². The summed E-state index contributed by atoms with van der Waals surface area (Å²) in [5.41, 5.74) is 0.532. The predicted octanol–water partition coefficient (Wildman–Crippen LogP) is 3.80. The van der Waals surface area contributed by atoms with Crippen LogP contribution in [0.5, 0.6) is 11.5 Å². The molecule has 0 aliphatic carbocycles. The SMILES string of the molecule is Cc1ccc2oc(=O)c(Oc3ccccc3[N+](=O)[O-])cc2c1. The fourth-order valence-corrected chi connectivity index (χ4v) is 2.11. The number of nitrogens with zero attached hydrogens (tertiary/aromatic N) is 1. The van der Waals surface area contributed by atoms with Gasteiger partial charge in [-0.25, -0.2) is 4.79 Å². The third kappa shape index (κ3) is 2.54. The van der Waals surface area contributed by atoms with Gasteiger partial charge in [0.1, 0.15) is 5.58 Å². The maximum Gasteiger partial charge on any atom is 0.379 e. The van der Waals surface area contributed by atoms with Crippen molar-refractivity contribution in [2.24, 2.45) is 0 Å². The zero-order valence-corrected chi connectivity index (χ0v) is 11.6. The monoisotopic (exact) mass is 297 g/mol. The van der Waals surface area contributed by atoms with E-state index < -0.39 is 10.5 Å². The van der Waals surface area contributed by atoms with Gasteiger partial charge in [0.15, 0.2) is 0 Å². The number of rotatable bonds is 3. The van der Waals surface area contributed by atoms with Crippen LogP contribution < -0.4 is 10.4 Å². The molecule has 0 aliphatic rings. The topological polar surface area (TPSA) is 82.6 Å². The van der Waals surface area contributed by atoms with Crippen molar-refractivity contribution in [2.75, 3.05) is 0 Å². The molecule has 0 unspecified atom stereocenters. The molecule has 0 saturated carbocycles. The summed E-state index contributed by atoms with van der Waals surface area (Å²) in [7, 11) is 0. The Bertz CT molecular complexity index is 929. The van der Waals surface area contributed by atoms with Crippen LogP contribution in [-0.2, 0) is 0 Å². The molecule has 0 spiro atoms. The van der Waals surface area contributed by atoms with Gasteiger partial charge in [-0.05, 0) is 31.2 Å². The lowest BCUT2D eigenvalue weighted by molar-refractivity contribution is -0.385. The van der Waals surface area contributed by atoms with Gasteiger partial charge in [0.2, 0.25) is 11.5 Å². The molecule has 0 radical (unpaired) electrons. The van der Waals surface area contributed by atoms with Crippen LogP contribution in [0.25, 0.3) is 11.0 Å². The molecule has 6 nitrogen and oxygen atoms in total. The average molecular weight is 297 g/mol. The highest BCUT2D eigenvalue weighted by Crippen LogP contribution is 2.30. The fraction of sp³-hybridized carbons (Fsp3) is 0.0625. The summed E-state index contributed by atoms with van der Waals surface area (Å²) in [6.07, 6.45) is 0. The normalized spacial score (nSPS) is 10.6. The van der Waals surface area contributed by atoms with E-state index in [0.29, 0.717) is 11.0 Å². The van der Waals surface area contributed by atoms with Crippen molar-refractivity contribution in [3.63, 3.8) is 0 Å². The molecular weight excluding hydrogens is 286 g/mol. The third-order valence-electron chi connectivity index (χ3n) is 3.14. The highest BCUT2D eigenvalue weighted by Gasteiger charge is 2.16. The van der Waals surface area contributed by atoms with Crippen molar-refractivity contribution < 1.29 is 14.1 Å². The summed E-state index contributed by atoms with van der Waals surface area (Å²) in [5.74, 6) is -0.0980. The molecule has 0 N–H and O–H groups in total. The highest BCUT2D eigenvalue weighted by molar-refractivity contribution is 5.78. The van der Waals surface area contributed by atoms with Gasteiger partial charge >= 0.3 is 11.3 Å². The van der Waals surface area contributed by atoms with Crippen LogP contribution >= 0.6 is 0 Å². The van der Waals surface area contributed by atoms with E-state index in [9.17, 15) is 14.9 Å². The summed E-state index contributed by atoms with van der Waals surface area (Å²) < 4.78 is 10.6. The van der Waals surface area contributed by atoms with Crippen LogP contribution in [0.2, 0.25) is 0 Å². The first kappa shape index (κ1) is 13.8. The number of hydrogen-bond donors (Lipinski definition) is 0. The van der Waals surface area contributed by atoms with E-state index in [1.165, 1.54) is 24.3 Å². The highest BCUT2D eigenvalue weighted by atomic mass is 16.6. The van der Waals surface area contributed by atoms with Gasteiger partial charge in [0, 0.05) is 11.5 Å². The van der Waals surface area contributed by atoms with Crippen molar-refractivity contribution in [1.82, 2.24) is 0 Å². The second-order valence-electron chi connectivity index (χ2n) is 4.77.